The summed E-state index contributed by atoms with van der Waals surface area (Å²) in [5.74, 6) is 0.706. The zero-order valence-electron chi connectivity index (χ0n) is 12.3. The molecule has 0 radical (unpaired) electrons. The Morgan fingerprint density at radius 1 is 1.05 bits per heavy atom. The van der Waals surface area contributed by atoms with Crippen LogP contribution in [0.15, 0.2) is 48.5 Å². The van der Waals surface area contributed by atoms with E-state index in [1.54, 1.807) is 0 Å². The summed E-state index contributed by atoms with van der Waals surface area (Å²) in [6.45, 7) is 2.41. The van der Waals surface area contributed by atoms with Crippen LogP contribution >= 0.6 is 0 Å². The number of hydrogen-bond acceptors (Lipinski definition) is 2. The second kappa shape index (κ2) is 5.68. The first-order chi connectivity index (χ1) is 9.76. The molecule has 3 rings (SSSR count). The first-order valence-corrected chi connectivity index (χ1v) is 7.33. The quantitative estimate of drug-likeness (QED) is 0.908. The average molecular weight is 266 g/mol. The van der Waals surface area contributed by atoms with E-state index >= 15 is 0 Å². The third kappa shape index (κ3) is 2.70. The SMILES string of the molecule is CNc1cccc(-c2ccc(C3CCN(C)C3)cc2)c1. The Kier molecular flexibility index (Phi) is 3.75. The third-order valence-corrected chi connectivity index (χ3v) is 4.26. The van der Waals surface area contributed by atoms with E-state index in [2.05, 4.69) is 65.8 Å². The molecule has 1 aliphatic rings. The van der Waals surface area contributed by atoms with Gasteiger partial charge in [-0.3, -0.25) is 0 Å². The summed E-state index contributed by atoms with van der Waals surface area (Å²) < 4.78 is 0. The standard InChI is InChI=1S/C18H22N2/c1-19-18-5-3-4-16(12-18)14-6-8-15(9-7-14)17-10-11-20(2)13-17/h3-9,12,17,19H,10-11,13H2,1-2H3. The van der Waals surface area contributed by atoms with Crippen molar-refractivity contribution in [3.05, 3.63) is 54.1 Å². The number of hydrogen-bond donors (Lipinski definition) is 1. The van der Waals surface area contributed by atoms with Gasteiger partial charge in [-0.15, -0.1) is 0 Å². The molecule has 20 heavy (non-hydrogen) atoms. The Labute approximate surface area is 121 Å². The first-order valence-electron chi connectivity index (χ1n) is 7.33. The molecule has 0 spiro atoms. The molecule has 2 heteroatoms. The second-order valence-electron chi connectivity index (χ2n) is 5.70. The minimum atomic E-state index is 0.706. The van der Waals surface area contributed by atoms with E-state index in [9.17, 15) is 0 Å². The largest absolute Gasteiger partial charge is 0.388 e. The van der Waals surface area contributed by atoms with Gasteiger partial charge in [0.15, 0.2) is 0 Å². The highest BCUT2D eigenvalue weighted by molar-refractivity contribution is 5.68. The fourth-order valence-corrected chi connectivity index (χ4v) is 3.01. The predicted octanol–water partition coefficient (Wildman–Crippen LogP) is 3.81. The van der Waals surface area contributed by atoms with Gasteiger partial charge in [0.1, 0.15) is 0 Å². The van der Waals surface area contributed by atoms with Crippen molar-refractivity contribution in [2.45, 2.75) is 12.3 Å². The maximum atomic E-state index is 3.19. The Morgan fingerprint density at radius 3 is 2.50 bits per heavy atom. The summed E-state index contributed by atoms with van der Waals surface area (Å²) in [5.41, 5.74) is 5.19. The van der Waals surface area contributed by atoms with Crippen LogP contribution in [0.25, 0.3) is 11.1 Å². The average Bonchev–Trinajstić information content (AvgIpc) is 2.94. The second-order valence-corrected chi connectivity index (χ2v) is 5.70. The van der Waals surface area contributed by atoms with Gasteiger partial charge in [0, 0.05) is 19.3 Å². The molecule has 2 aromatic carbocycles. The monoisotopic (exact) mass is 266 g/mol. The molecule has 2 nitrogen and oxygen atoms in total. The van der Waals surface area contributed by atoms with Crippen molar-refractivity contribution in [1.82, 2.24) is 4.90 Å². The Balaban J connectivity index is 1.82. The van der Waals surface area contributed by atoms with Crippen molar-refractivity contribution in [3.63, 3.8) is 0 Å². The summed E-state index contributed by atoms with van der Waals surface area (Å²) in [5, 5.41) is 3.19. The highest BCUT2D eigenvalue weighted by atomic mass is 15.1. The van der Waals surface area contributed by atoms with Crippen LogP contribution in [0.3, 0.4) is 0 Å². The molecule has 2 aromatic rings. The summed E-state index contributed by atoms with van der Waals surface area (Å²) in [4.78, 5) is 2.41. The van der Waals surface area contributed by atoms with E-state index in [4.69, 9.17) is 0 Å². The van der Waals surface area contributed by atoms with Crippen molar-refractivity contribution < 1.29 is 0 Å². The van der Waals surface area contributed by atoms with Gasteiger partial charge in [-0.1, -0.05) is 36.4 Å². The van der Waals surface area contributed by atoms with Gasteiger partial charge in [0.2, 0.25) is 0 Å². The van der Waals surface area contributed by atoms with E-state index < -0.39 is 0 Å². The Hall–Kier alpha value is -1.80. The predicted molar refractivity (Wildman–Crippen MR) is 86.3 cm³/mol. The first kappa shape index (κ1) is 13.2. The maximum absolute atomic E-state index is 3.19. The van der Waals surface area contributed by atoms with Gasteiger partial charge < -0.3 is 10.2 Å². The van der Waals surface area contributed by atoms with Crippen LogP contribution in [-0.2, 0) is 0 Å². The molecule has 1 aliphatic heterocycles. The number of nitrogens with zero attached hydrogens (tertiary/aromatic N) is 1. The lowest BCUT2D eigenvalue weighted by atomic mass is 9.95. The van der Waals surface area contributed by atoms with Crippen LogP contribution in [0, 0.1) is 0 Å². The molecular formula is C18H22N2. The van der Waals surface area contributed by atoms with Gasteiger partial charge in [-0.2, -0.15) is 0 Å². The van der Waals surface area contributed by atoms with Crippen molar-refractivity contribution in [2.24, 2.45) is 0 Å². The van der Waals surface area contributed by atoms with Gasteiger partial charge in [0.25, 0.3) is 0 Å². The van der Waals surface area contributed by atoms with Crippen LogP contribution in [0.1, 0.15) is 17.9 Å². The molecule has 1 fully saturated rings. The molecular weight excluding hydrogens is 244 g/mol. The minimum Gasteiger partial charge on any atom is -0.388 e. The summed E-state index contributed by atoms with van der Waals surface area (Å²) in [6.07, 6.45) is 1.28. The lowest BCUT2D eigenvalue weighted by Gasteiger charge is -2.12. The van der Waals surface area contributed by atoms with Crippen molar-refractivity contribution >= 4 is 5.69 Å². The molecule has 1 heterocycles. The van der Waals surface area contributed by atoms with E-state index in [1.165, 1.54) is 36.2 Å². The molecule has 1 atom stereocenters. The highest BCUT2D eigenvalue weighted by Crippen LogP contribution is 2.29. The van der Waals surface area contributed by atoms with Gasteiger partial charge in [-0.25, -0.2) is 0 Å². The molecule has 0 aromatic heterocycles. The summed E-state index contributed by atoms with van der Waals surface area (Å²) >= 11 is 0. The topological polar surface area (TPSA) is 15.3 Å². The number of likely N-dealkylation sites (tertiary alicyclic amines) is 1. The Morgan fingerprint density at radius 2 is 1.85 bits per heavy atom. The molecule has 0 amide bonds. The lowest BCUT2D eigenvalue weighted by molar-refractivity contribution is 0.411. The summed E-state index contributed by atoms with van der Waals surface area (Å²) in [6, 6.07) is 17.6. The zero-order valence-corrected chi connectivity index (χ0v) is 12.3. The number of anilines is 1. The molecule has 104 valence electrons. The molecule has 1 N–H and O–H groups in total. The van der Waals surface area contributed by atoms with Crippen molar-refractivity contribution in [2.75, 3.05) is 32.5 Å². The smallest absolute Gasteiger partial charge is 0.0343 e. The van der Waals surface area contributed by atoms with Gasteiger partial charge in [-0.05, 0) is 54.8 Å². The Bertz CT molecular complexity index is 574. The van der Waals surface area contributed by atoms with E-state index in [0.29, 0.717) is 5.92 Å². The zero-order chi connectivity index (χ0) is 13.9. The molecule has 1 saturated heterocycles. The van der Waals surface area contributed by atoms with E-state index in [-0.39, 0.29) is 0 Å². The third-order valence-electron chi connectivity index (χ3n) is 4.26. The van der Waals surface area contributed by atoms with E-state index in [0.717, 1.165) is 5.69 Å². The van der Waals surface area contributed by atoms with E-state index in [1.807, 2.05) is 7.05 Å². The molecule has 1 unspecified atom stereocenters. The van der Waals surface area contributed by atoms with Gasteiger partial charge in [0.05, 0.1) is 0 Å². The van der Waals surface area contributed by atoms with Crippen LogP contribution in [-0.4, -0.2) is 32.1 Å². The van der Waals surface area contributed by atoms with Crippen LogP contribution < -0.4 is 5.32 Å². The normalized spacial score (nSPS) is 19.2. The minimum absolute atomic E-state index is 0.706. The maximum Gasteiger partial charge on any atom is 0.0343 e. The number of nitrogens with one attached hydrogen (secondary N) is 1. The van der Waals surface area contributed by atoms with Crippen LogP contribution in [0.4, 0.5) is 5.69 Å². The molecule has 0 bridgehead atoms. The summed E-state index contributed by atoms with van der Waals surface area (Å²) in [7, 11) is 4.16. The number of rotatable bonds is 3. The fourth-order valence-electron chi connectivity index (χ4n) is 3.01. The molecule has 0 aliphatic carbocycles. The molecule has 0 saturated carbocycles. The lowest BCUT2D eigenvalue weighted by Crippen LogP contribution is -2.13. The van der Waals surface area contributed by atoms with Crippen molar-refractivity contribution in [3.8, 4) is 11.1 Å². The van der Waals surface area contributed by atoms with Crippen LogP contribution in [0.5, 0.6) is 0 Å². The number of likely N-dealkylation sites (N-methyl/N-ethyl adjacent to an activating group) is 1. The van der Waals surface area contributed by atoms with Gasteiger partial charge >= 0.3 is 0 Å². The van der Waals surface area contributed by atoms with Crippen molar-refractivity contribution in [1.29, 1.82) is 0 Å². The fraction of sp³-hybridized carbons (Fsp3) is 0.333. The number of benzene rings is 2. The van der Waals surface area contributed by atoms with Crippen LogP contribution in [0.2, 0.25) is 0 Å². The highest BCUT2D eigenvalue weighted by Gasteiger charge is 2.20.